The zero-order valence-electron chi connectivity index (χ0n) is 17.7. The van der Waals surface area contributed by atoms with Crippen LogP contribution in [0, 0.1) is 5.92 Å². The maximum absolute atomic E-state index is 6.06. The van der Waals surface area contributed by atoms with E-state index in [4.69, 9.17) is 16.5 Å². The van der Waals surface area contributed by atoms with E-state index >= 15 is 0 Å². The van der Waals surface area contributed by atoms with Gasteiger partial charge in [-0.1, -0.05) is 20.8 Å². The molecular formula is C21H35N5O2S. The molecule has 1 aliphatic heterocycles. The molecule has 2 heterocycles. The lowest BCUT2D eigenvalue weighted by Gasteiger charge is -2.28. The Hall–Kier alpha value is -2.42. The third-order valence-electron chi connectivity index (χ3n) is 4.11. The first-order valence-corrected chi connectivity index (χ1v) is 10.1. The first-order chi connectivity index (χ1) is 12.8. The van der Waals surface area contributed by atoms with Crippen LogP contribution in [0.25, 0.3) is 11.4 Å². The highest BCUT2D eigenvalue weighted by atomic mass is 32.2. The van der Waals surface area contributed by atoms with Crippen molar-refractivity contribution in [2.45, 2.75) is 39.4 Å². The fourth-order valence-corrected chi connectivity index (χ4v) is 3.82. The van der Waals surface area contributed by atoms with E-state index in [1.54, 1.807) is 11.8 Å². The minimum absolute atomic E-state index is 0. The Morgan fingerprint density at radius 3 is 2.28 bits per heavy atom. The van der Waals surface area contributed by atoms with Crippen LogP contribution in [0.15, 0.2) is 46.3 Å². The zero-order chi connectivity index (χ0) is 20.0. The van der Waals surface area contributed by atoms with Crippen molar-refractivity contribution >= 4 is 29.5 Å². The average molecular weight is 422 g/mol. The summed E-state index contributed by atoms with van der Waals surface area (Å²) in [6, 6.07) is 9.37. The SMILES string of the molecule is CC.CC1CN=CC=C1SC(C)(C)c1cc(N)nc(-c2ccc(N)cc2)n1.O.O.[HH]. The monoisotopic (exact) mass is 421 g/mol. The van der Waals surface area contributed by atoms with Gasteiger partial charge in [-0.3, -0.25) is 4.99 Å². The van der Waals surface area contributed by atoms with E-state index < -0.39 is 0 Å². The lowest BCUT2D eigenvalue weighted by Crippen LogP contribution is -2.19. The molecule has 0 fully saturated rings. The van der Waals surface area contributed by atoms with Crippen molar-refractivity contribution < 1.29 is 12.4 Å². The molecule has 3 rings (SSSR count). The van der Waals surface area contributed by atoms with E-state index in [1.165, 1.54) is 4.91 Å². The summed E-state index contributed by atoms with van der Waals surface area (Å²) in [5, 5.41) is 0. The number of hydrogen-bond acceptors (Lipinski definition) is 6. The van der Waals surface area contributed by atoms with Crippen LogP contribution >= 0.6 is 11.8 Å². The molecule has 0 aliphatic carbocycles. The standard InChI is InChI=1S/C19H23N5S.C2H6.2H2O.H2/c1-12-11-22-9-8-15(12)25-19(2,3)16-10-17(21)24-18(23-16)13-4-6-14(20)7-5-13;1-2;;;/h4-10,12H,11,20H2,1-3H3,(H2,21,23,24);1-2H3;2*1H2;1H. The second-order valence-electron chi connectivity index (χ2n) is 6.72. The van der Waals surface area contributed by atoms with Crippen molar-refractivity contribution in [1.29, 1.82) is 0 Å². The quantitative estimate of drug-likeness (QED) is 0.723. The Morgan fingerprint density at radius 1 is 1.07 bits per heavy atom. The number of aliphatic imine (C=N–C) groups is 1. The Labute approximate surface area is 178 Å². The van der Waals surface area contributed by atoms with Crippen LogP contribution in [0.4, 0.5) is 11.5 Å². The second-order valence-corrected chi connectivity index (χ2v) is 8.42. The molecule has 1 aromatic heterocycles. The third-order valence-corrected chi connectivity index (χ3v) is 5.61. The van der Waals surface area contributed by atoms with Gasteiger partial charge in [0.25, 0.3) is 0 Å². The van der Waals surface area contributed by atoms with Crippen LogP contribution in [0.5, 0.6) is 0 Å². The predicted molar refractivity (Wildman–Crippen MR) is 128 cm³/mol. The molecule has 0 saturated heterocycles. The highest BCUT2D eigenvalue weighted by Crippen LogP contribution is 2.43. The summed E-state index contributed by atoms with van der Waals surface area (Å²) in [6.07, 6.45) is 3.97. The van der Waals surface area contributed by atoms with Crippen LogP contribution in [0.1, 0.15) is 41.7 Å². The van der Waals surface area contributed by atoms with Gasteiger partial charge < -0.3 is 22.4 Å². The minimum atomic E-state index is -0.231. The van der Waals surface area contributed by atoms with Crippen molar-refractivity contribution in [3.05, 3.63) is 47.0 Å². The summed E-state index contributed by atoms with van der Waals surface area (Å²) in [4.78, 5) is 14.8. The smallest absolute Gasteiger partial charge is 0.161 e. The van der Waals surface area contributed by atoms with E-state index in [9.17, 15) is 0 Å². The van der Waals surface area contributed by atoms with E-state index in [2.05, 4.69) is 36.8 Å². The summed E-state index contributed by atoms with van der Waals surface area (Å²) < 4.78 is -0.231. The van der Waals surface area contributed by atoms with Crippen LogP contribution in [-0.4, -0.2) is 33.7 Å². The fraction of sp³-hybridized carbons (Fsp3) is 0.381. The summed E-state index contributed by atoms with van der Waals surface area (Å²) in [6.45, 7) is 11.3. The van der Waals surface area contributed by atoms with Crippen molar-refractivity contribution in [3.8, 4) is 11.4 Å². The molecule has 7 nitrogen and oxygen atoms in total. The van der Waals surface area contributed by atoms with Crippen molar-refractivity contribution in [1.82, 2.24) is 9.97 Å². The number of thioether (sulfide) groups is 1. The van der Waals surface area contributed by atoms with Gasteiger partial charge in [-0.25, -0.2) is 9.97 Å². The number of anilines is 2. The summed E-state index contributed by atoms with van der Waals surface area (Å²) in [7, 11) is 0. The van der Waals surface area contributed by atoms with Crippen LogP contribution < -0.4 is 11.5 Å². The van der Waals surface area contributed by atoms with Gasteiger partial charge in [-0.2, -0.15) is 0 Å². The van der Waals surface area contributed by atoms with E-state index in [0.717, 1.165) is 17.8 Å². The molecule has 0 spiro atoms. The Kier molecular flexibility index (Phi) is 10.6. The largest absolute Gasteiger partial charge is 0.412 e. The summed E-state index contributed by atoms with van der Waals surface area (Å²) in [5.41, 5.74) is 14.4. The van der Waals surface area contributed by atoms with E-state index in [1.807, 2.05) is 50.4 Å². The van der Waals surface area contributed by atoms with E-state index in [0.29, 0.717) is 23.2 Å². The topological polar surface area (TPSA) is 153 Å². The van der Waals surface area contributed by atoms with Gasteiger partial charge in [0.05, 0.1) is 10.4 Å². The summed E-state index contributed by atoms with van der Waals surface area (Å²) in [5.74, 6) is 1.51. The molecule has 1 atom stereocenters. The number of dihydropyridines is 1. The third kappa shape index (κ3) is 6.85. The number of aromatic nitrogens is 2. The number of nitrogens with two attached hydrogens (primary N) is 2. The molecule has 0 radical (unpaired) electrons. The van der Waals surface area contributed by atoms with Gasteiger partial charge in [0.1, 0.15) is 5.82 Å². The van der Waals surface area contributed by atoms with Gasteiger partial charge >= 0.3 is 0 Å². The second kappa shape index (κ2) is 11.5. The number of benzene rings is 1. The summed E-state index contributed by atoms with van der Waals surface area (Å²) >= 11 is 1.80. The van der Waals surface area contributed by atoms with Crippen molar-refractivity contribution in [3.63, 3.8) is 0 Å². The Balaban J connectivity index is 0. The molecule has 0 bridgehead atoms. The molecule has 162 valence electrons. The molecule has 1 aliphatic rings. The number of rotatable bonds is 4. The lowest BCUT2D eigenvalue weighted by molar-refractivity contribution is 0.708. The molecule has 0 amide bonds. The number of nitrogens with zero attached hydrogens (tertiary/aromatic N) is 3. The van der Waals surface area contributed by atoms with Gasteiger partial charge in [-0.15, -0.1) is 11.8 Å². The van der Waals surface area contributed by atoms with Gasteiger partial charge in [0, 0.05) is 37.4 Å². The number of allylic oxidation sites excluding steroid dienone is 1. The number of nitrogen functional groups attached to an aromatic ring is 2. The minimum Gasteiger partial charge on any atom is -0.412 e. The fourth-order valence-electron chi connectivity index (χ4n) is 2.62. The maximum Gasteiger partial charge on any atom is 0.161 e. The van der Waals surface area contributed by atoms with Gasteiger partial charge in [0.2, 0.25) is 0 Å². The van der Waals surface area contributed by atoms with E-state index in [-0.39, 0.29) is 17.1 Å². The highest BCUT2D eigenvalue weighted by molar-refractivity contribution is 8.03. The van der Waals surface area contributed by atoms with Crippen molar-refractivity contribution in [2.24, 2.45) is 10.9 Å². The molecule has 1 aromatic carbocycles. The van der Waals surface area contributed by atoms with Crippen LogP contribution in [-0.2, 0) is 4.75 Å². The van der Waals surface area contributed by atoms with Gasteiger partial charge in [-0.05, 0) is 49.1 Å². The normalized spacial score (nSPS) is 15.2. The Morgan fingerprint density at radius 2 is 1.69 bits per heavy atom. The molecular weight excluding hydrogens is 386 g/mol. The molecule has 1 unspecified atom stereocenters. The molecule has 0 saturated carbocycles. The van der Waals surface area contributed by atoms with Gasteiger partial charge in [0.15, 0.2) is 5.82 Å². The molecule has 8 N–H and O–H groups in total. The molecule has 2 aromatic rings. The van der Waals surface area contributed by atoms with Crippen LogP contribution in [0.2, 0.25) is 0 Å². The average Bonchev–Trinajstić information content (AvgIpc) is 2.65. The van der Waals surface area contributed by atoms with Crippen LogP contribution in [0.3, 0.4) is 0 Å². The maximum atomic E-state index is 6.06. The number of hydrogen-bond donors (Lipinski definition) is 2. The highest BCUT2D eigenvalue weighted by Gasteiger charge is 2.28. The predicted octanol–water partition coefficient (Wildman–Crippen LogP) is 3.50. The Bertz CT molecular complexity index is 842. The lowest BCUT2D eigenvalue weighted by atomic mass is 10.1. The first-order valence-electron chi connectivity index (χ1n) is 9.25. The zero-order valence-corrected chi connectivity index (χ0v) is 18.5. The van der Waals surface area contributed by atoms with Crippen molar-refractivity contribution in [2.75, 3.05) is 18.0 Å². The molecule has 29 heavy (non-hydrogen) atoms. The first kappa shape index (κ1) is 26.6. The molecule has 8 heteroatoms.